The van der Waals surface area contributed by atoms with Crippen molar-refractivity contribution in [3.05, 3.63) is 194 Å². The average Bonchev–Trinajstić information content (AvgIpc) is 4.01. The van der Waals surface area contributed by atoms with Gasteiger partial charge in [-0.15, -0.1) is 11.3 Å². The van der Waals surface area contributed by atoms with Crippen LogP contribution in [0.25, 0.3) is 97.7 Å². The third-order valence-corrected chi connectivity index (χ3v) is 12.5. The van der Waals surface area contributed by atoms with Gasteiger partial charge in [0.2, 0.25) is 5.89 Å². The van der Waals surface area contributed by atoms with Crippen molar-refractivity contribution in [1.82, 2.24) is 4.98 Å². The Morgan fingerprint density at radius 3 is 1.93 bits per heavy atom. The lowest BCUT2D eigenvalue weighted by molar-refractivity contribution is 0.619. The van der Waals surface area contributed by atoms with Gasteiger partial charge in [0.1, 0.15) is 16.7 Å². The van der Waals surface area contributed by atoms with Gasteiger partial charge in [0, 0.05) is 42.5 Å². The summed E-state index contributed by atoms with van der Waals surface area (Å²) in [6.07, 6.45) is 0. The van der Waals surface area contributed by atoms with Crippen LogP contribution in [0.5, 0.6) is 0 Å². The molecule has 9 aromatic carbocycles. The zero-order valence-electron chi connectivity index (χ0n) is 31.1. The molecule has 12 rings (SSSR count). The van der Waals surface area contributed by atoms with Crippen LogP contribution in [0.1, 0.15) is 0 Å². The Labute approximate surface area is 337 Å². The van der Waals surface area contributed by atoms with Gasteiger partial charge < -0.3 is 13.7 Å². The van der Waals surface area contributed by atoms with Gasteiger partial charge in [0.15, 0.2) is 5.58 Å². The standard InChI is InChI=1S/C53H32N2O2S/c1-2-11-36(12-3-1)53-54-52-46(57-53)31-30-45-51(52)42-29-24-37(32-47(42)56-45)33-20-25-38(26-21-33)55(44-17-9-19-49-50(44)43-15-6-7-18-48(43)58-49)39-27-22-35(23-28-39)41-16-8-13-34-10-4-5-14-40(34)41/h1-32H. The highest BCUT2D eigenvalue weighted by Crippen LogP contribution is 2.46. The highest BCUT2D eigenvalue weighted by molar-refractivity contribution is 7.26. The lowest BCUT2D eigenvalue weighted by atomic mass is 9.98. The van der Waals surface area contributed by atoms with Crippen LogP contribution in [0.2, 0.25) is 0 Å². The van der Waals surface area contributed by atoms with Gasteiger partial charge in [-0.2, -0.15) is 0 Å². The molecule has 0 atom stereocenters. The van der Waals surface area contributed by atoms with Gasteiger partial charge in [0.05, 0.1) is 11.1 Å². The van der Waals surface area contributed by atoms with Crippen molar-refractivity contribution < 1.29 is 8.83 Å². The summed E-state index contributed by atoms with van der Waals surface area (Å²) in [4.78, 5) is 7.32. The van der Waals surface area contributed by atoms with E-state index in [2.05, 4.69) is 157 Å². The van der Waals surface area contributed by atoms with Crippen molar-refractivity contribution in [2.45, 2.75) is 0 Å². The van der Waals surface area contributed by atoms with Crippen molar-refractivity contribution >= 4 is 92.4 Å². The molecule has 0 radical (unpaired) electrons. The molecular weight excluding hydrogens is 729 g/mol. The number of rotatable bonds is 6. The molecule has 0 spiro atoms. The lowest BCUT2D eigenvalue weighted by Crippen LogP contribution is -2.10. The Morgan fingerprint density at radius 1 is 0.414 bits per heavy atom. The van der Waals surface area contributed by atoms with Crippen LogP contribution in [0.15, 0.2) is 203 Å². The third kappa shape index (κ3) is 5.25. The molecule has 0 bridgehead atoms. The summed E-state index contributed by atoms with van der Waals surface area (Å²) in [5, 5.41) is 7.01. The van der Waals surface area contributed by atoms with Crippen molar-refractivity contribution in [1.29, 1.82) is 0 Å². The number of benzene rings is 9. The first-order valence-corrected chi connectivity index (χ1v) is 20.3. The number of anilines is 3. The molecule has 272 valence electrons. The fraction of sp³-hybridized carbons (Fsp3) is 0. The van der Waals surface area contributed by atoms with Crippen LogP contribution in [0, 0.1) is 0 Å². The molecular formula is C53H32N2O2S. The fourth-order valence-electron chi connectivity index (χ4n) is 8.58. The number of hydrogen-bond acceptors (Lipinski definition) is 5. The Kier molecular flexibility index (Phi) is 7.37. The Hall–Kier alpha value is -7.47. The number of aromatic nitrogens is 1. The molecule has 5 heteroatoms. The van der Waals surface area contributed by atoms with E-state index in [1.54, 1.807) is 0 Å². The second-order valence-electron chi connectivity index (χ2n) is 14.7. The van der Waals surface area contributed by atoms with Gasteiger partial charge in [-0.05, 0) is 112 Å². The van der Waals surface area contributed by atoms with Crippen molar-refractivity contribution in [2.24, 2.45) is 0 Å². The van der Waals surface area contributed by atoms with Gasteiger partial charge >= 0.3 is 0 Å². The quantitative estimate of drug-likeness (QED) is 0.169. The van der Waals surface area contributed by atoms with Gasteiger partial charge in [0.25, 0.3) is 0 Å². The topological polar surface area (TPSA) is 42.4 Å². The molecule has 0 aliphatic carbocycles. The van der Waals surface area contributed by atoms with Crippen molar-refractivity contribution in [3.8, 4) is 33.7 Å². The second kappa shape index (κ2) is 13.1. The minimum Gasteiger partial charge on any atom is -0.456 e. The van der Waals surface area contributed by atoms with Crippen LogP contribution in [-0.4, -0.2) is 4.98 Å². The van der Waals surface area contributed by atoms with Crippen LogP contribution >= 0.6 is 11.3 Å². The van der Waals surface area contributed by atoms with Gasteiger partial charge in [-0.1, -0.05) is 115 Å². The lowest BCUT2D eigenvalue weighted by Gasteiger charge is -2.27. The third-order valence-electron chi connectivity index (χ3n) is 11.3. The highest BCUT2D eigenvalue weighted by atomic mass is 32.1. The maximum Gasteiger partial charge on any atom is 0.227 e. The van der Waals surface area contributed by atoms with E-state index in [4.69, 9.17) is 13.8 Å². The molecule has 0 aliphatic rings. The molecule has 3 aromatic heterocycles. The number of nitrogens with zero attached hydrogens (tertiary/aromatic N) is 2. The summed E-state index contributed by atoms with van der Waals surface area (Å²) < 4.78 is 15.2. The minimum absolute atomic E-state index is 0.604. The predicted octanol–water partition coefficient (Wildman–Crippen LogP) is 15.7. The molecule has 0 saturated carbocycles. The number of furan rings is 1. The molecule has 3 heterocycles. The predicted molar refractivity (Wildman–Crippen MR) is 243 cm³/mol. The largest absolute Gasteiger partial charge is 0.456 e. The van der Waals surface area contributed by atoms with E-state index in [1.807, 2.05) is 53.8 Å². The van der Waals surface area contributed by atoms with Crippen molar-refractivity contribution in [2.75, 3.05) is 4.90 Å². The monoisotopic (exact) mass is 760 g/mol. The molecule has 58 heavy (non-hydrogen) atoms. The Balaban J connectivity index is 0.954. The molecule has 12 aromatic rings. The number of oxazole rings is 1. The summed E-state index contributed by atoms with van der Waals surface area (Å²) in [5.41, 5.74) is 12.0. The molecule has 0 unspecified atom stereocenters. The minimum atomic E-state index is 0.604. The van der Waals surface area contributed by atoms with E-state index < -0.39 is 0 Å². The molecule has 0 fully saturated rings. The zero-order valence-corrected chi connectivity index (χ0v) is 31.9. The van der Waals surface area contributed by atoms with E-state index in [-0.39, 0.29) is 0 Å². The number of fused-ring (bicyclic) bond motifs is 9. The maximum absolute atomic E-state index is 6.46. The Bertz CT molecular complexity index is 3500. The molecule has 0 N–H and O–H groups in total. The summed E-state index contributed by atoms with van der Waals surface area (Å²) in [6, 6.07) is 68.8. The normalized spacial score (nSPS) is 11.8. The summed E-state index contributed by atoms with van der Waals surface area (Å²) in [7, 11) is 0. The fourth-order valence-corrected chi connectivity index (χ4v) is 9.70. The molecule has 0 saturated heterocycles. The summed E-state index contributed by atoms with van der Waals surface area (Å²) >= 11 is 1.84. The van der Waals surface area contributed by atoms with E-state index >= 15 is 0 Å². The first kappa shape index (κ1) is 32.7. The van der Waals surface area contributed by atoms with E-state index in [9.17, 15) is 0 Å². The summed E-state index contributed by atoms with van der Waals surface area (Å²) in [6.45, 7) is 0. The van der Waals surface area contributed by atoms with Crippen LogP contribution in [0.4, 0.5) is 17.1 Å². The van der Waals surface area contributed by atoms with Crippen LogP contribution in [-0.2, 0) is 0 Å². The Morgan fingerprint density at radius 2 is 1.09 bits per heavy atom. The summed E-state index contributed by atoms with van der Waals surface area (Å²) in [5.74, 6) is 0.604. The van der Waals surface area contributed by atoms with Crippen LogP contribution < -0.4 is 4.90 Å². The second-order valence-corrected chi connectivity index (χ2v) is 15.8. The number of thiophene rings is 1. The average molecular weight is 761 g/mol. The molecule has 0 amide bonds. The molecule has 0 aliphatic heterocycles. The van der Waals surface area contributed by atoms with Gasteiger partial charge in [-0.3, -0.25) is 0 Å². The maximum atomic E-state index is 6.46. The van der Waals surface area contributed by atoms with Crippen LogP contribution in [0.3, 0.4) is 0 Å². The number of hydrogen-bond donors (Lipinski definition) is 0. The van der Waals surface area contributed by atoms with E-state index in [1.165, 1.54) is 42.1 Å². The molecule has 4 nitrogen and oxygen atoms in total. The smallest absolute Gasteiger partial charge is 0.227 e. The zero-order chi connectivity index (χ0) is 38.2. The van der Waals surface area contributed by atoms with Gasteiger partial charge in [-0.25, -0.2) is 4.98 Å². The highest BCUT2D eigenvalue weighted by Gasteiger charge is 2.20. The van der Waals surface area contributed by atoms with E-state index in [0.29, 0.717) is 5.89 Å². The van der Waals surface area contributed by atoms with E-state index in [0.717, 1.165) is 66.8 Å². The van der Waals surface area contributed by atoms with Crippen molar-refractivity contribution in [3.63, 3.8) is 0 Å². The SMILES string of the molecule is c1ccc(-c2nc3c(ccc4oc5cc(-c6ccc(N(c7ccc(-c8cccc9ccccc89)cc7)c7cccc8sc9ccccc9c78)cc6)ccc5c43)o2)cc1. The first-order chi connectivity index (χ1) is 28.7. The first-order valence-electron chi connectivity index (χ1n) is 19.4.